The van der Waals surface area contributed by atoms with E-state index in [0.717, 1.165) is 5.69 Å². The molecule has 3 aromatic carbocycles. The van der Waals surface area contributed by atoms with E-state index in [4.69, 9.17) is 0 Å². The fourth-order valence-corrected chi connectivity index (χ4v) is 4.80. The van der Waals surface area contributed by atoms with Crippen LogP contribution in [0.25, 0.3) is 0 Å². The lowest BCUT2D eigenvalue weighted by molar-refractivity contribution is -0.139. The van der Waals surface area contributed by atoms with E-state index in [1.807, 2.05) is 43.3 Å². The Balaban J connectivity index is 1.51. The van der Waals surface area contributed by atoms with Crippen molar-refractivity contribution in [1.82, 2.24) is 9.88 Å². The Morgan fingerprint density at radius 2 is 1.59 bits per heavy atom. The largest absolute Gasteiger partial charge is 0.378 e. The van der Waals surface area contributed by atoms with Gasteiger partial charge in [-0.3, -0.25) is 29.1 Å². The second kappa shape index (κ2) is 11.8. The van der Waals surface area contributed by atoms with Gasteiger partial charge < -0.3 is 15.1 Å². The minimum absolute atomic E-state index is 0.0524. The molecular formula is C32H29N5O4. The molecule has 0 radical (unpaired) electrons. The molecule has 0 fully saturated rings. The van der Waals surface area contributed by atoms with Crippen LogP contribution in [0.2, 0.25) is 0 Å². The van der Waals surface area contributed by atoms with E-state index in [0.29, 0.717) is 22.5 Å². The minimum Gasteiger partial charge on any atom is -0.378 e. The van der Waals surface area contributed by atoms with Crippen molar-refractivity contribution in [3.05, 3.63) is 120 Å². The Morgan fingerprint density at radius 1 is 0.878 bits per heavy atom. The van der Waals surface area contributed by atoms with Crippen molar-refractivity contribution in [3.8, 4) is 0 Å². The summed E-state index contributed by atoms with van der Waals surface area (Å²) in [4.78, 5) is 62.2. The van der Waals surface area contributed by atoms with Gasteiger partial charge in [0.2, 0.25) is 5.91 Å². The normalized spacial score (nSPS) is 13.0. The average molecular weight is 548 g/mol. The van der Waals surface area contributed by atoms with Gasteiger partial charge in [-0.2, -0.15) is 0 Å². The lowest BCUT2D eigenvalue weighted by atomic mass is 10.0. The number of carbonyl (C=O) groups excluding carboxylic acids is 4. The highest BCUT2D eigenvalue weighted by molar-refractivity contribution is 6.52. The third-order valence-electron chi connectivity index (χ3n) is 6.89. The first-order chi connectivity index (χ1) is 19.8. The molecule has 0 saturated carbocycles. The number of rotatable bonds is 9. The fraction of sp³-hybridized carbons (Fsp3) is 0.156. The Kier molecular flexibility index (Phi) is 7.87. The highest BCUT2D eigenvalue weighted by atomic mass is 16.2. The van der Waals surface area contributed by atoms with Crippen molar-refractivity contribution < 1.29 is 19.2 Å². The Hall–Kier alpha value is -5.31. The van der Waals surface area contributed by atoms with E-state index in [9.17, 15) is 19.2 Å². The standard InChI is InChI=1S/C32H29N5O4/c1-35(2)25-16-14-24(15-17-25)34-31(40)29(23-10-4-3-5-11-23)37(20-22-9-8-18-33-19-22)28(38)21-36-27-13-7-6-12-26(27)30(39)32(36)41/h3-19,29H,20-21H2,1-2H3,(H,34,40)/t29-/m1/s1. The molecule has 9 nitrogen and oxygen atoms in total. The molecule has 0 bridgehead atoms. The van der Waals surface area contributed by atoms with Crippen LogP contribution in [0.4, 0.5) is 17.1 Å². The Morgan fingerprint density at radius 3 is 2.27 bits per heavy atom. The van der Waals surface area contributed by atoms with Gasteiger partial charge in [0, 0.05) is 44.4 Å². The summed E-state index contributed by atoms with van der Waals surface area (Å²) in [5, 5.41) is 2.95. The maximum absolute atomic E-state index is 14.1. The highest BCUT2D eigenvalue weighted by Gasteiger charge is 2.39. The van der Waals surface area contributed by atoms with Gasteiger partial charge in [0.15, 0.2) is 0 Å². The van der Waals surface area contributed by atoms with E-state index in [-0.39, 0.29) is 12.1 Å². The van der Waals surface area contributed by atoms with Gasteiger partial charge in [-0.25, -0.2) is 0 Å². The molecule has 206 valence electrons. The van der Waals surface area contributed by atoms with Gasteiger partial charge in [0.05, 0.1) is 11.3 Å². The molecule has 0 spiro atoms. The number of pyridine rings is 1. The van der Waals surface area contributed by atoms with Crippen LogP contribution in [0.5, 0.6) is 0 Å². The van der Waals surface area contributed by atoms with E-state index >= 15 is 0 Å². The van der Waals surface area contributed by atoms with E-state index in [2.05, 4.69) is 10.3 Å². The third kappa shape index (κ3) is 5.84. The van der Waals surface area contributed by atoms with Gasteiger partial charge in [0.25, 0.3) is 17.6 Å². The van der Waals surface area contributed by atoms with E-state index in [1.165, 1.54) is 9.80 Å². The summed E-state index contributed by atoms with van der Waals surface area (Å²) in [6.07, 6.45) is 3.25. The number of fused-ring (bicyclic) bond motifs is 1. The van der Waals surface area contributed by atoms with Crippen LogP contribution in [-0.2, 0) is 20.9 Å². The molecule has 4 aromatic rings. The van der Waals surface area contributed by atoms with Crippen LogP contribution in [0.15, 0.2) is 103 Å². The third-order valence-corrected chi connectivity index (χ3v) is 6.89. The fourth-order valence-electron chi connectivity index (χ4n) is 4.80. The lowest BCUT2D eigenvalue weighted by Crippen LogP contribution is -2.46. The minimum atomic E-state index is -1.04. The molecule has 41 heavy (non-hydrogen) atoms. The number of nitrogens with one attached hydrogen (secondary N) is 1. The molecule has 3 amide bonds. The first-order valence-corrected chi connectivity index (χ1v) is 13.1. The van der Waals surface area contributed by atoms with Crippen LogP contribution in [0.3, 0.4) is 0 Å². The molecule has 1 N–H and O–H groups in total. The lowest BCUT2D eigenvalue weighted by Gasteiger charge is -2.33. The van der Waals surface area contributed by atoms with E-state index in [1.54, 1.807) is 79.1 Å². The quantitative estimate of drug-likeness (QED) is 0.317. The first-order valence-electron chi connectivity index (χ1n) is 13.1. The number of hydrogen-bond acceptors (Lipinski definition) is 6. The van der Waals surface area contributed by atoms with Crippen molar-refractivity contribution in [1.29, 1.82) is 0 Å². The Labute approximate surface area is 238 Å². The number of amides is 3. The van der Waals surface area contributed by atoms with Crippen molar-refractivity contribution in [2.75, 3.05) is 35.8 Å². The number of benzene rings is 3. The smallest absolute Gasteiger partial charge is 0.299 e. The molecular weight excluding hydrogens is 518 g/mol. The van der Waals surface area contributed by atoms with Gasteiger partial charge >= 0.3 is 0 Å². The molecule has 0 aliphatic carbocycles. The number of hydrogen-bond donors (Lipinski definition) is 1. The van der Waals surface area contributed by atoms with Crippen molar-refractivity contribution >= 4 is 40.6 Å². The maximum atomic E-state index is 14.1. The molecule has 1 atom stereocenters. The number of aromatic nitrogens is 1. The summed E-state index contributed by atoms with van der Waals surface area (Å²) < 4.78 is 0. The first kappa shape index (κ1) is 27.3. The second-order valence-corrected chi connectivity index (χ2v) is 9.86. The molecule has 0 saturated heterocycles. The van der Waals surface area contributed by atoms with Crippen molar-refractivity contribution in [3.63, 3.8) is 0 Å². The zero-order valence-corrected chi connectivity index (χ0v) is 22.7. The van der Waals surface area contributed by atoms with Crippen molar-refractivity contribution in [2.45, 2.75) is 12.6 Å². The van der Waals surface area contributed by atoms with Gasteiger partial charge in [-0.15, -0.1) is 0 Å². The molecule has 1 aliphatic heterocycles. The monoisotopic (exact) mass is 547 g/mol. The number of carbonyl (C=O) groups is 4. The van der Waals surface area contributed by atoms with Crippen LogP contribution in [0.1, 0.15) is 27.5 Å². The van der Waals surface area contributed by atoms with Crippen molar-refractivity contribution in [2.24, 2.45) is 0 Å². The zero-order valence-electron chi connectivity index (χ0n) is 22.7. The predicted octanol–water partition coefficient (Wildman–Crippen LogP) is 4.09. The van der Waals surface area contributed by atoms with Crippen LogP contribution in [0, 0.1) is 0 Å². The Bertz CT molecular complexity index is 1570. The molecule has 0 unspecified atom stereocenters. The molecule has 5 rings (SSSR count). The van der Waals surface area contributed by atoms with Crippen LogP contribution >= 0.6 is 0 Å². The SMILES string of the molecule is CN(C)c1ccc(NC(=O)[C@@H](c2ccccc2)N(Cc2cccnc2)C(=O)CN2C(=O)C(=O)c3ccccc32)cc1. The van der Waals surface area contributed by atoms with Gasteiger partial charge in [-0.1, -0.05) is 48.5 Å². The number of nitrogens with zero attached hydrogens (tertiary/aromatic N) is 4. The summed E-state index contributed by atoms with van der Waals surface area (Å²) in [5.41, 5.74) is 3.47. The topological polar surface area (TPSA) is 103 Å². The second-order valence-electron chi connectivity index (χ2n) is 9.86. The predicted molar refractivity (Wildman–Crippen MR) is 156 cm³/mol. The molecule has 1 aromatic heterocycles. The average Bonchev–Trinajstić information content (AvgIpc) is 3.23. The summed E-state index contributed by atoms with van der Waals surface area (Å²) in [6, 6.07) is 25.5. The number of para-hydroxylation sites is 1. The number of Topliss-reactive ketones (excluding diaryl/α,β-unsaturated/α-hetero) is 1. The zero-order chi connectivity index (χ0) is 28.9. The summed E-state index contributed by atoms with van der Waals surface area (Å²) >= 11 is 0. The summed E-state index contributed by atoms with van der Waals surface area (Å²) in [6.45, 7) is -0.354. The van der Waals surface area contributed by atoms with Gasteiger partial charge in [-0.05, 0) is 53.6 Å². The highest BCUT2D eigenvalue weighted by Crippen LogP contribution is 2.30. The number of anilines is 3. The number of ketones is 1. The molecule has 9 heteroatoms. The summed E-state index contributed by atoms with van der Waals surface area (Å²) in [5.74, 6) is -2.36. The molecule has 2 heterocycles. The van der Waals surface area contributed by atoms with E-state index < -0.39 is 36.1 Å². The van der Waals surface area contributed by atoms with Gasteiger partial charge in [0.1, 0.15) is 12.6 Å². The van der Waals surface area contributed by atoms with Crippen LogP contribution in [-0.4, -0.2) is 54.0 Å². The van der Waals surface area contributed by atoms with Crippen LogP contribution < -0.4 is 15.1 Å². The molecule has 1 aliphatic rings. The maximum Gasteiger partial charge on any atom is 0.299 e. The summed E-state index contributed by atoms with van der Waals surface area (Å²) in [7, 11) is 3.86.